The van der Waals surface area contributed by atoms with E-state index < -0.39 is 5.60 Å². The smallest absolute Gasteiger partial charge is 0.167 e. The van der Waals surface area contributed by atoms with Crippen molar-refractivity contribution in [3.8, 4) is 12.3 Å². The van der Waals surface area contributed by atoms with Crippen LogP contribution in [0.2, 0.25) is 0 Å². The lowest BCUT2D eigenvalue weighted by atomic mass is 9.83. The van der Waals surface area contributed by atoms with Gasteiger partial charge in [-0.3, -0.25) is 4.98 Å². The van der Waals surface area contributed by atoms with Gasteiger partial charge in [-0.2, -0.15) is 0 Å². The SMILES string of the molecule is C#CC1(O)CCCc2cccnc21. The number of aryl methyl sites for hydroxylation is 1. The molecule has 2 rings (SSSR count). The van der Waals surface area contributed by atoms with Gasteiger partial charge in [0.1, 0.15) is 0 Å². The fraction of sp³-hybridized carbons (Fsp3) is 0.364. The van der Waals surface area contributed by atoms with Gasteiger partial charge < -0.3 is 5.11 Å². The van der Waals surface area contributed by atoms with E-state index in [0.29, 0.717) is 12.1 Å². The highest BCUT2D eigenvalue weighted by Crippen LogP contribution is 2.32. The minimum Gasteiger partial charge on any atom is -0.372 e. The van der Waals surface area contributed by atoms with Gasteiger partial charge in [0, 0.05) is 6.20 Å². The van der Waals surface area contributed by atoms with Gasteiger partial charge in [0.25, 0.3) is 0 Å². The zero-order valence-corrected chi connectivity index (χ0v) is 7.33. The normalized spacial score (nSPS) is 26.2. The van der Waals surface area contributed by atoms with Gasteiger partial charge >= 0.3 is 0 Å². The number of fused-ring (bicyclic) bond motifs is 1. The maximum atomic E-state index is 10.0. The third-order valence-corrected chi connectivity index (χ3v) is 2.51. The Morgan fingerprint density at radius 3 is 3.23 bits per heavy atom. The molecule has 1 aliphatic carbocycles. The third-order valence-electron chi connectivity index (χ3n) is 2.51. The molecule has 13 heavy (non-hydrogen) atoms. The Labute approximate surface area is 77.6 Å². The zero-order valence-electron chi connectivity index (χ0n) is 7.33. The van der Waals surface area contributed by atoms with Crippen LogP contribution in [0, 0.1) is 12.3 Å². The van der Waals surface area contributed by atoms with Gasteiger partial charge in [0.15, 0.2) is 5.60 Å². The fourth-order valence-electron chi connectivity index (χ4n) is 1.81. The van der Waals surface area contributed by atoms with Crippen LogP contribution in [0.1, 0.15) is 24.1 Å². The summed E-state index contributed by atoms with van der Waals surface area (Å²) in [7, 11) is 0. The summed E-state index contributed by atoms with van der Waals surface area (Å²) < 4.78 is 0. The second kappa shape index (κ2) is 2.86. The number of terminal acetylenes is 1. The Bertz CT molecular complexity index is 367. The molecule has 1 aromatic heterocycles. The van der Waals surface area contributed by atoms with Gasteiger partial charge in [-0.05, 0) is 30.9 Å². The van der Waals surface area contributed by atoms with E-state index in [9.17, 15) is 5.11 Å². The monoisotopic (exact) mass is 173 g/mol. The van der Waals surface area contributed by atoms with E-state index in [2.05, 4.69) is 10.9 Å². The first-order valence-electron chi connectivity index (χ1n) is 4.41. The van der Waals surface area contributed by atoms with Crippen molar-refractivity contribution in [3.63, 3.8) is 0 Å². The predicted molar refractivity (Wildman–Crippen MR) is 49.9 cm³/mol. The molecule has 0 radical (unpaired) electrons. The Hall–Kier alpha value is -1.33. The van der Waals surface area contributed by atoms with Gasteiger partial charge in [-0.1, -0.05) is 12.0 Å². The molecule has 66 valence electrons. The molecule has 1 unspecified atom stereocenters. The molecule has 2 nitrogen and oxygen atoms in total. The van der Waals surface area contributed by atoms with Crippen molar-refractivity contribution in [2.24, 2.45) is 0 Å². The molecular formula is C11H11NO. The first-order chi connectivity index (χ1) is 6.26. The molecule has 0 aromatic carbocycles. The third kappa shape index (κ3) is 1.22. The first-order valence-corrected chi connectivity index (χ1v) is 4.41. The topological polar surface area (TPSA) is 33.1 Å². The van der Waals surface area contributed by atoms with E-state index in [-0.39, 0.29) is 0 Å². The Balaban J connectivity index is 2.56. The lowest BCUT2D eigenvalue weighted by molar-refractivity contribution is 0.0757. The first kappa shape index (κ1) is 8.28. The summed E-state index contributed by atoms with van der Waals surface area (Å²) >= 11 is 0. The summed E-state index contributed by atoms with van der Waals surface area (Å²) in [4.78, 5) is 4.15. The molecule has 0 aliphatic heterocycles. The van der Waals surface area contributed by atoms with Crippen molar-refractivity contribution in [2.45, 2.75) is 24.9 Å². The van der Waals surface area contributed by atoms with Crippen molar-refractivity contribution < 1.29 is 5.11 Å². The summed E-state index contributed by atoms with van der Waals surface area (Å²) in [5, 5.41) is 10.0. The van der Waals surface area contributed by atoms with Crippen molar-refractivity contribution in [1.82, 2.24) is 4.98 Å². The van der Waals surface area contributed by atoms with Crippen molar-refractivity contribution in [2.75, 3.05) is 0 Å². The Kier molecular flexibility index (Phi) is 1.82. The van der Waals surface area contributed by atoms with Crippen LogP contribution in [0.4, 0.5) is 0 Å². The van der Waals surface area contributed by atoms with E-state index in [1.807, 2.05) is 12.1 Å². The maximum Gasteiger partial charge on any atom is 0.167 e. The molecule has 1 aromatic rings. The van der Waals surface area contributed by atoms with Gasteiger partial charge in [0.2, 0.25) is 0 Å². The minimum atomic E-state index is -1.13. The summed E-state index contributed by atoms with van der Waals surface area (Å²) in [6.45, 7) is 0. The van der Waals surface area contributed by atoms with Crippen LogP contribution >= 0.6 is 0 Å². The molecule has 1 atom stereocenters. The molecule has 0 bridgehead atoms. The van der Waals surface area contributed by atoms with Crippen LogP contribution in [-0.2, 0) is 12.0 Å². The lowest BCUT2D eigenvalue weighted by Crippen LogP contribution is -2.30. The number of pyridine rings is 1. The number of hydrogen-bond donors (Lipinski definition) is 1. The number of nitrogens with zero attached hydrogens (tertiary/aromatic N) is 1. The quantitative estimate of drug-likeness (QED) is 0.599. The summed E-state index contributed by atoms with van der Waals surface area (Å²) in [5.41, 5.74) is 0.618. The highest BCUT2D eigenvalue weighted by molar-refractivity contribution is 5.34. The van der Waals surface area contributed by atoms with Crippen LogP contribution < -0.4 is 0 Å². The predicted octanol–water partition coefficient (Wildman–Crippen LogP) is 1.24. The fourth-order valence-corrected chi connectivity index (χ4v) is 1.81. The molecule has 0 fully saturated rings. The number of hydrogen-bond acceptors (Lipinski definition) is 2. The van der Waals surface area contributed by atoms with Gasteiger partial charge in [0.05, 0.1) is 5.69 Å². The van der Waals surface area contributed by atoms with Crippen LogP contribution in [0.25, 0.3) is 0 Å². The highest BCUT2D eigenvalue weighted by Gasteiger charge is 2.33. The number of rotatable bonds is 0. The highest BCUT2D eigenvalue weighted by atomic mass is 16.3. The van der Waals surface area contributed by atoms with Crippen molar-refractivity contribution in [3.05, 3.63) is 29.6 Å². The second-order valence-electron chi connectivity index (χ2n) is 3.37. The molecule has 0 saturated heterocycles. The number of aromatic nitrogens is 1. The molecule has 0 amide bonds. The largest absolute Gasteiger partial charge is 0.372 e. The van der Waals surface area contributed by atoms with Crippen LogP contribution in [0.15, 0.2) is 18.3 Å². The van der Waals surface area contributed by atoms with E-state index >= 15 is 0 Å². The molecule has 1 N–H and O–H groups in total. The number of aliphatic hydroxyl groups is 1. The molecule has 1 heterocycles. The van der Waals surface area contributed by atoms with Crippen LogP contribution in [0.3, 0.4) is 0 Å². The van der Waals surface area contributed by atoms with Gasteiger partial charge in [-0.25, -0.2) is 0 Å². The summed E-state index contributed by atoms with van der Waals surface area (Å²) in [6.07, 6.45) is 9.50. The Morgan fingerprint density at radius 1 is 1.62 bits per heavy atom. The summed E-state index contributed by atoms with van der Waals surface area (Å²) in [6, 6.07) is 3.85. The van der Waals surface area contributed by atoms with Crippen LogP contribution in [-0.4, -0.2) is 10.1 Å². The van der Waals surface area contributed by atoms with Gasteiger partial charge in [-0.15, -0.1) is 6.42 Å². The Morgan fingerprint density at radius 2 is 2.46 bits per heavy atom. The maximum absolute atomic E-state index is 10.0. The molecule has 2 heteroatoms. The van der Waals surface area contributed by atoms with Crippen LogP contribution in [0.5, 0.6) is 0 Å². The zero-order chi connectivity index (χ0) is 9.31. The average molecular weight is 173 g/mol. The second-order valence-corrected chi connectivity index (χ2v) is 3.37. The van der Waals surface area contributed by atoms with Crippen molar-refractivity contribution in [1.29, 1.82) is 0 Å². The van der Waals surface area contributed by atoms with Crippen molar-refractivity contribution >= 4 is 0 Å². The minimum absolute atomic E-state index is 0.619. The molecular weight excluding hydrogens is 162 g/mol. The van der Waals surface area contributed by atoms with E-state index in [1.54, 1.807) is 6.20 Å². The standard InChI is InChI=1S/C11H11NO/c1-2-11(13)7-3-5-9-6-4-8-12-10(9)11/h1,4,6,8,13H,3,5,7H2. The molecule has 0 spiro atoms. The molecule has 0 saturated carbocycles. The lowest BCUT2D eigenvalue weighted by Gasteiger charge is -2.28. The molecule has 1 aliphatic rings. The van der Waals surface area contributed by atoms with E-state index in [0.717, 1.165) is 18.4 Å². The average Bonchev–Trinajstić information content (AvgIpc) is 2.19. The van der Waals surface area contributed by atoms with E-state index in [1.165, 1.54) is 0 Å². The summed E-state index contributed by atoms with van der Waals surface area (Å²) in [5.74, 6) is 2.43. The van der Waals surface area contributed by atoms with E-state index in [4.69, 9.17) is 6.42 Å².